The smallest absolute Gasteiger partial charge is 0.239 e. The molecular weight excluding hydrogens is 220 g/mol. The van der Waals surface area contributed by atoms with Gasteiger partial charge in [-0.15, -0.1) is 0 Å². The first-order valence-electron chi connectivity index (χ1n) is 5.46. The number of aromatic nitrogens is 2. The number of nitrogens with zero attached hydrogens (tertiary/aromatic N) is 2. The summed E-state index contributed by atoms with van der Waals surface area (Å²) in [6.45, 7) is 3.71. The molecule has 0 aliphatic rings. The maximum atomic E-state index is 11.0. The molecule has 7 nitrogen and oxygen atoms in total. The number of hydrogen-bond acceptors (Lipinski definition) is 6. The molecule has 0 saturated heterocycles. The molecule has 1 atom stereocenters. The molecule has 1 heterocycles. The zero-order chi connectivity index (χ0) is 12.8. The fourth-order valence-corrected chi connectivity index (χ4v) is 1.42. The zero-order valence-corrected chi connectivity index (χ0v) is 10.0. The van der Waals surface area contributed by atoms with Gasteiger partial charge in [0.05, 0.1) is 0 Å². The van der Waals surface area contributed by atoms with E-state index in [-0.39, 0.29) is 0 Å². The van der Waals surface area contributed by atoms with Crippen LogP contribution in [0.4, 0.5) is 11.6 Å². The molecule has 7 heteroatoms. The van der Waals surface area contributed by atoms with Gasteiger partial charge in [-0.3, -0.25) is 4.79 Å². The number of hydrazine groups is 1. The molecule has 94 valence electrons. The number of carbonyl (C=O) groups is 1. The van der Waals surface area contributed by atoms with Gasteiger partial charge in [-0.1, -0.05) is 13.3 Å². The number of rotatable bonds is 6. The second-order valence-corrected chi connectivity index (χ2v) is 3.71. The minimum absolute atomic E-state index is 0.437. The van der Waals surface area contributed by atoms with Crippen molar-refractivity contribution < 1.29 is 4.79 Å². The van der Waals surface area contributed by atoms with Crippen LogP contribution in [-0.4, -0.2) is 21.9 Å². The molecule has 1 rings (SSSR count). The van der Waals surface area contributed by atoms with Gasteiger partial charge in [0.25, 0.3) is 0 Å². The van der Waals surface area contributed by atoms with Crippen LogP contribution in [-0.2, 0) is 11.2 Å². The number of nitrogens with one attached hydrogen (secondary N) is 2. The van der Waals surface area contributed by atoms with Crippen molar-refractivity contribution in [3.05, 3.63) is 11.9 Å². The Balaban J connectivity index is 3.00. The number of carbonyl (C=O) groups excluding carboxylic acids is 1. The summed E-state index contributed by atoms with van der Waals surface area (Å²) in [4.78, 5) is 19.1. The van der Waals surface area contributed by atoms with Crippen LogP contribution in [0.1, 0.15) is 25.8 Å². The van der Waals surface area contributed by atoms with Crippen LogP contribution in [0.2, 0.25) is 0 Å². The van der Waals surface area contributed by atoms with E-state index in [1.165, 1.54) is 6.33 Å². The lowest BCUT2D eigenvalue weighted by Gasteiger charge is -2.16. The second-order valence-electron chi connectivity index (χ2n) is 3.71. The SMILES string of the molecule is CCCc1c(NN)ncnc1NC(C)C(N)=O. The van der Waals surface area contributed by atoms with Crippen molar-refractivity contribution in [2.45, 2.75) is 32.7 Å². The standard InChI is InChI=1S/C10H18N6O/c1-3-4-7-9(15-6(2)8(11)17)13-5-14-10(7)16-12/h5-6H,3-4,12H2,1-2H3,(H2,11,17)(H2,13,14,15,16). The molecule has 0 radical (unpaired) electrons. The summed E-state index contributed by atoms with van der Waals surface area (Å²) < 4.78 is 0. The number of amides is 1. The molecule has 0 bridgehead atoms. The van der Waals surface area contributed by atoms with E-state index >= 15 is 0 Å². The van der Waals surface area contributed by atoms with Crippen molar-refractivity contribution >= 4 is 17.5 Å². The van der Waals surface area contributed by atoms with E-state index in [1.807, 2.05) is 6.92 Å². The first-order chi connectivity index (χ1) is 8.10. The molecule has 0 aliphatic carbocycles. The largest absolute Gasteiger partial charge is 0.368 e. The molecule has 1 aromatic rings. The van der Waals surface area contributed by atoms with Crippen molar-refractivity contribution in [1.82, 2.24) is 9.97 Å². The first kappa shape index (κ1) is 13.2. The summed E-state index contributed by atoms with van der Waals surface area (Å²) in [6.07, 6.45) is 3.06. The minimum atomic E-state index is -0.494. The average Bonchev–Trinajstić information content (AvgIpc) is 2.31. The fourth-order valence-electron chi connectivity index (χ4n) is 1.42. The van der Waals surface area contributed by atoms with Gasteiger partial charge in [-0.05, 0) is 13.3 Å². The molecule has 1 aromatic heterocycles. The third-order valence-corrected chi connectivity index (χ3v) is 2.36. The summed E-state index contributed by atoms with van der Waals surface area (Å²) in [5.74, 6) is 6.08. The van der Waals surface area contributed by atoms with E-state index in [2.05, 4.69) is 20.7 Å². The van der Waals surface area contributed by atoms with E-state index < -0.39 is 11.9 Å². The number of nitrogens with two attached hydrogens (primary N) is 2. The van der Waals surface area contributed by atoms with Crippen LogP contribution in [0, 0.1) is 0 Å². The molecule has 1 unspecified atom stereocenters. The highest BCUT2D eigenvalue weighted by Gasteiger charge is 2.14. The second kappa shape index (κ2) is 6.00. The van der Waals surface area contributed by atoms with Gasteiger partial charge in [-0.25, -0.2) is 15.8 Å². The monoisotopic (exact) mass is 238 g/mol. The number of primary amides is 1. The van der Waals surface area contributed by atoms with Crippen LogP contribution in [0.15, 0.2) is 6.33 Å². The molecule has 0 aromatic carbocycles. The maximum Gasteiger partial charge on any atom is 0.239 e. The maximum absolute atomic E-state index is 11.0. The van der Waals surface area contributed by atoms with Gasteiger partial charge in [-0.2, -0.15) is 0 Å². The Morgan fingerprint density at radius 3 is 2.65 bits per heavy atom. The first-order valence-corrected chi connectivity index (χ1v) is 5.46. The van der Waals surface area contributed by atoms with E-state index in [0.717, 1.165) is 18.4 Å². The molecular formula is C10H18N6O. The molecule has 0 aliphatic heterocycles. The Bertz CT molecular complexity index is 394. The van der Waals surface area contributed by atoms with Crippen molar-refractivity contribution in [2.75, 3.05) is 10.7 Å². The van der Waals surface area contributed by atoms with Crippen molar-refractivity contribution in [1.29, 1.82) is 0 Å². The summed E-state index contributed by atoms with van der Waals surface area (Å²) >= 11 is 0. The summed E-state index contributed by atoms with van der Waals surface area (Å²) in [6, 6.07) is -0.494. The van der Waals surface area contributed by atoms with Crippen LogP contribution < -0.4 is 22.3 Å². The Hall–Kier alpha value is -1.89. The van der Waals surface area contributed by atoms with Gasteiger partial charge in [0.15, 0.2) is 0 Å². The highest BCUT2D eigenvalue weighted by Crippen LogP contribution is 2.21. The van der Waals surface area contributed by atoms with Gasteiger partial charge >= 0.3 is 0 Å². The lowest BCUT2D eigenvalue weighted by Crippen LogP contribution is -2.33. The van der Waals surface area contributed by atoms with Crippen LogP contribution in [0.5, 0.6) is 0 Å². The molecule has 0 saturated carbocycles. The third-order valence-electron chi connectivity index (χ3n) is 2.36. The zero-order valence-electron chi connectivity index (χ0n) is 10.0. The van der Waals surface area contributed by atoms with Crippen molar-refractivity contribution in [3.63, 3.8) is 0 Å². The predicted molar refractivity (Wildman–Crippen MR) is 66.1 cm³/mol. The Kier molecular flexibility index (Phi) is 4.65. The quantitative estimate of drug-likeness (QED) is 0.409. The molecule has 1 amide bonds. The van der Waals surface area contributed by atoms with Crippen LogP contribution in [0.3, 0.4) is 0 Å². The Morgan fingerprint density at radius 2 is 2.12 bits per heavy atom. The Labute approximate surface area is 100.0 Å². The van der Waals surface area contributed by atoms with E-state index in [4.69, 9.17) is 11.6 Å². The van der Waals surface area contributed by atoms with Gasteiger partial charge in [0.2, 0.25) is 5.91 Å². The lowest BCUT2D eigenvalue weighted by atomic mass is 10.1. The highest BCUT2D eigenvalue weighted by atomic mass is 16.1. The van der Waals surface area contributed by atoms with Crippen molar-refractivity contribution in [3.8, 4) is 0 Å². The van der Waals surface area contributed by atoms with Gasteiger partial charge in [0.1, 0.15) is 24.0 Å². The number of anilines is 2. The summed E-state index contributed by atoms with van der Waals surface area (Å²) in [5, 5.41) is 2.95. The normalized spacial score (nSPS) is 11.9. The Morgan fingerprint density at radius 1 is 1.47 bits per heavy atom. The molecule has 17 heavy (non-hydrogen) atoms. The van der Waals surface area contributed by atoms with E-state index in [1.54, 1.807) is 6.92 Å². The molecule has 6 N–H and O–H groups in total. The third kappa shape index (κ3) is 3.28. The number of nitrogen functional groups attached to an aromatic ring is 1. The highest BCUT2D eigenvalue weighted by molar-refractivity contribution is 5.82. The lowest BCUT2D eigenvalue weighted by molar-refractivity contribution is -0.118. The van der Waals surface area contributed by atoms with Crippen molar-refractivity contribution in [2.24, 2.45) is 11.6 Å². The van der Waals surface area contributed by atoms with E-state index in [9.17, 15) is 4.79 Å². The van der Waals surface area contributed by atoms with Gasteiger partial charge in [0, 0.05) is 5.56 Å². The summed E-state index contributed by atoms with van der Waals surface area (Å²) in [7, 11) is 0. The fraction of sp³-hybridized carbons (Fsp3) is 0.500. The minimum Gasteiger partial charge on any atom is -0.368 e. The summed E-state index contributed by atoms with van der Waals surface area (Å²) in [5.41, 5.74) is 8.56. The van der Waals surface area contributed by atoms with E-state index in [0.29, 0.717) is 11.6 Å². The topological polar surface area (TPSA) is 119 Å². The average molecular weight is 238 g/mol. The molecule has 0 fully saturated rings. The number of hydrogen-bond donors (Lipinski definition) is 4. The van der Waals surface area contributed by atoms with Gasteiger partial charge < -0.3 is 16.5 Å². The molecule has 0 spiro atoms. The predicted octanol–water partition coefficient (Wildman–Crippen LogP) is 0.000400. The van der Waals surface area contributed by atoms with Crippen LogP contribution >= 0.6 is 0 Å². The van der Waals surface area contributed by atoms with Crippen LogP contribution in [0.25, 0.3) is 0 Å².